The molecule has 0 aliphatic carbocycles. The average Bonchev–Trinajstić information content (AvgIpc) is 2.32. The van der Waals surface area contributed by atoms with Gasteiger partial charge in [-0.05, 0) is 30.7 Å². The van der Waals surface area contributed by atoms with Crippen LogP contribution in [-0.2, 0) is 0 Å². The van der Waals surface area contributed by atoms with Gasteiger partial charge in [0.25, 0.3) is 5.91 Å². The van der Waals surface area contributed by atoms with Crippen LogP contribution in [0.2, 0.25) is 5.02 Å². The number of benzene rings is 1. The molecule has 0 unspecified atom stereocenters. The molecule has 1 amide bonds. The normalized spacial score (nSPS) is 10.5. The first-order valence-corrected chi connectivity index (χ1v) is 6.17. The van der Waals surface area contributed by atoms with Crippen LogP contribution in [0.25, 0.3) is 0 Å². The van der Waals surface area contributed by atoms with E-state index in [9.17, 15) is 18.0 Å². The molecule has 0 saturated carbocycles. The number of nitrogens with zero attached hydrogens (tertiary/aromatic N) is 1. The lowest BCUT2D eigenvalue weighted by molar-refractivity contribution is -0.138. The molecular weight excluding hydrogens is 279 g/mol. The lowest BCUT2D eigenvalue weighted by Crippen LogP contribution is -2.35. The Balaban J connectivity index is 0.00000154. The highest BCUT2D eigenvalue weighted by atomic mass is 35.5. The maximum atomic E-state index is 12.1. The molecule has 0 atom stereocenters. The maximum Gasteiger partial charge on any atom is 0.406 e. The van der Waals surface area contributed by atoms with E-state index in [0.29, 0.717) is 15.5 Å². The predicted molar refractivity (Wildman–Crippen MR) is 70.6 cm³/mol. The summed E-state index contributed by atoms with van der Waals surface area (Å²) >= 11 is 5.77. The Morgan fingerprint density at radius 1 is 1.32 bits per heavy atom. The summed E-state index contributed by atoms with van der Waals surface area (Å²) in [4.78, 5) is 12.3. The summed E-state index contributed by atoms with van der Waals surface area (Å²) < 4.78 is 36.3. The summed E-state index contributed by atoms with van der Waals surface area (Å²) in [5, 5.41) is 0.472. The first-order chi connectivity index (χ1) is 8.70. The van der Waals surface area contributed by atoms with Crippen LogP contribution in [0.5, 0.6) is 0 Å². The van der Waals surface area contributed by atoms with Gasteiger partial charge in [-0.15, -0.1) is 0 Å². The van der Waals surface area contributed by atoms with Gasteiger partial charge in [-0.2, -0.15) is 13.2 Å². The highest BCUT2D eigenvalue weighted by Crippen LogP contribution is 2.19. The van der Waals surface area contributed by atoms with Crippen LogP contribution in [0.1, 0.15) is 29.8 Å². The molecular formula is C13H17ClF3NO. The van der Waals surface area contributed by atoms with Crippen molar-refractivity contribution in [2.75, 3.05) is 13.6 Å². The minimum atomic E-state index is -4.40. The predicted octanol–water partition coefficient (Wildman–Crippen LogP) is 4.31. The molecule has 2 nitrogen and oxygen atoms in total. The zero-order valence-corrected chi connectivity index (χ0v) is 12.1. The summed E-state index contributed by atoms with van der Waals surface area (Å²) in [6.45, 7) is 4.41. The molecule has 0 aliphatic rings. The highest BCUT2D eigenvalue weighted by molar-refractivity contribution is 6.31. The first-order valence-electron chi connectivity index (χ1n) is 5.79. The van der Waals surface area contributed by atoms with Crippen LogP contribution in [-0.4, -0.2) is 30.6 Å². The van der Waals surface area contributed by atoms with Gasteiger partial charge in [0, 0.05) is 17.6 Å². The van der Waals surface area contributed by atoms with Gasteiger partial charge in [-0.3, -0.25) is 4.79 Å². The minimum absolute atomic E-state index is 0.193. The number of carbonyl (C=O) groups is 1. The molecule has 1 aromatic carbocycles. The van der Waals surface area contributed by atoms with E-state index < -0.39 is 18.6 Å². The van der Waals surface area contributed by atoms with Gasteiger partial charge in [0.15, 0.2) is 0 Å². The molecule has 19 heavy (non-hydrogen) atoms. The van der Waals surface area contributed by atoms with E-state index in [4.69, 9.17) is 11.6 Å². The molecule has 0 saturated heterocycles. The molecule has 0 radical (unpaired) electrons. The Bertz CT molecular complexity index is 432. The number of alkyl halides is 3. The summed E-state index contributed by atoms with van der Waals surface area (Å²) in [7, 11) is 1.11. The minimum Gasteiger partial charge on any atom is -0.333 e. The molecule has 0 heterocycles. The van der Waals surface area contributed by atoms with Gasteiger partial charge in [0.05, 0.1) is 0 Å². The zero-order chi connectivity index (χ0) is 15.2. The lowest BCUT2D eigenvalue weighted by Gasteiger charge is -2.19. The number of halogens is 4. The van der Waals surface area contributed by atoms with Crippen LogP contribution in [0.3, 0.4) is 0 Å². The highest BCUT2D eigenvalue weighted by Gasteiger charge is 2.31. The van der Waals surface area contributed by atoms with Crippen molar-refractivity contribution in [3.8, 4) is 0 Å². The van der Waals surface area contributed by atoms with Gasteiger partial charge in [0.1, 0.15) is 6.54 Å². The second kappa shape index (κ2) is 7.38. The number of hydrogen-bond donors (Lipinski definition) is 0. The number of rotatable bonds is 2. The molecule has 108 valence electrons. The SMILES string of the molecule is CC.Cc1cc(C(=O)N(C)CC(F)(F)F)ccc1Cl. The first kappa shape index (κ1) is 17.8. The average molecular weight is 296 g/mol. The Morgan fingerprint density at radius 3 is 2.26 bits per heavy atom. The fraction of sp³-hybridized carbons (Fsp3) is 0.462. The second-order valence-electron chi connectivity index (χ2n) is 3.74. The molecule has 0 aliphatic heterocycles. The molecule has 0 aromatic heterocycles. The standard InChI is InChI=1S/C11H11ClF3NO.C2H6/c1-7-5-8(3-4-9(7)12)10(17)16(2)6-11(13,14)15;1-2/h3-5H,6H2,1-2H3;1-2H3. The van der Waals surface area contributed by atoms with Gasteiger partial charge in [-0.25, -0.2) is 0 Å². The van der Waals surface area contributed by atoms with Gasteiger partial charge >= 0.3 is 6.18 Å². The Morgan fingerprint density at radius 2 is 1.84 bits per heavy atom. The van der Waals surface area contributed by atoms with E-state index in [1.807, 2.05) is 13.8 Å². The Labute approximate surface area is 116 Å². The van der Waals surface area contributed by atoms with E-state index in [1.54, 1.807) is 6.92 Å². The Kier molecular flexibility index (Phi) is 6.90. The van der Waals surface area contributed by atoms with Crippen molar-refractivity contribution in [2.45, 2.75) is 26.9 Å². The van der Waals surface area contributed by atoms with E-state index >= 15 is 0 Å². The molecule has 0 bridgehead atoms. The number of aryl methyl sites for hydroxylation is 1. The molecule has 6 heteroatoms. The Hall–Kier alpha value is -1.23. The topological polar surface area (TPSA) is 20.3 Å². The number of amides is 1. The van der Waals surface area contributed by atoms with Crippen molar-refractivity contribution in [3.63, 3.8) is 0 Å². The molecule has 1 aromatic rings. The van der Waals surface area contributed by atoms with Crippen LogP contribution in [0, 0.1) is 6.92 Å². The van der Waals surface area contributed by atoms with Gasteiger partial charge in [-0.1, -0.05) is 25.4 Å². The van der Waals surface area contributed by atoms with Crippen molar-refractivity contribution < 1.29 is 18.0 Å². The third-order valence-electron chi connectivity index (χ3n) is 2.17. The van der Waals surface area contributed by atoms with Gasteiger partial charge in [0.2, 0.25) is 0 Å². The van der Waals surface area contributed by atoms with Crippen LogP contribution in [0.15, 0.2) is 18.2 Å². The van der Waals surface area contributed by atoms with Crippen molar-refractivity contribution in [3.05, 3.63) is 34.3 Å². The molecule has 0 fully saturated rings. The molecule has 1 rings (SSSR count). The second-order valence-corrected chi connectivity index (χ2v) is 4.15. The van der Waals surface area contributed by atoms with Crippen molar-refractivity contribution in [1.82, 2.24) is 4.90 Å². The van der Waals surface area contributed by atoms with Crippen molar-refractivity contribution >= 4 is 17.5 Å². The zero-order valence-electron chi connectivity index (χ0n) is 11.3. The number of hydrogen-bond acceptors (Lipinski definition) is 1. The summed E-state index contributed by atoms with van der Waals surface area (Å²) in [5.41, 5.74) is 0.844. The maximum absolute atomic E-state index is 12.1. The monoisotopic (exact) mass is 295 g/mol. The third kappa shape index (κ3) is 5.96. The summed E-state index contributed by atoms with van der Waals surface area (Å²) in [5.74, 6) is -0.679. The third-order valence-corrected chi connectivity index (χ3v) is 2.59. The van der Waals surface area contributed by atoms with Gasteiger partial charge < -0.3 is 4.90 Å². The smallest absolute Gasteiger partial charge is 0.333 e. The molecule has 0 N–H and O–H groups in total. The summed E-state index contributed by atoms with van der Waals surface area (Å²) in [6.07, 6.45) is -4.40. The van der Waals surface area contributed by atoms with Crippen LogP contribution in [0.4, 0.5) is 13.2 Å². The van der Waals surface area contributed by atoms with Crippen molar-refractivity contribution in [2.24, 2.45) is 0 Å². The fourth-order valence-electron chi connectivity index (χ4n) is 1.34. The van der Waals surface area contributed by atoms with E-state index in [-0.39, 0.29) is 5.56 Å². The van der Waals surface area contributed by atoms with Crippen molar-refractivity contribution in [1.29, 1.82) is 0 Å². The van der Waals surface area contributed by atoms with Crippen LogP contribution >= 0.6 is 11.6 Å². The van der Waals surface area contributed by atoms with E-state index in [1.165, 1.54) is 18.2 Å². The summed E-state index contributed by atoms with van der Waals surface area (Å²) in [6, 6.07) is 4.37. The fourth-order valence-corrected chi connectivity index (χ4v) is 1.46. The molecule has 0 spiro atoms. The number of carbonyl (C=O) groups excluding carboxylic acids is 1. The quantitative estimate of drug-likeness (QED) is 0.796. The largest absolute Gasteiger partial charge is 0.406 e. The van der Waals surface area contributed by atoms with E-state index in [2.05, 4.69) is 0 Å². The van der Waals surface area contributed by atoms with Crippen LogP contribution < -0.4 is 0 Å². The lowest BCUT2D eigenvalue weighted by atomic mass is 10.1. The van der Waals surface area contributed by atoms with E-state index in [0.717, 1.165) is 7.05 Å².